The summed E-state index contributed by atoms with van der Waals surface area (Å²) in [6.45, 7) is 2.04. The van der Waals surface area contributed by atoms with Crippen LogP contribution in [0.25, 0.3) is 0 Å². The van der Waals surface area contributed by atoms with Crippen molar-refractivity contribution in [2.45, 2.75) is 13.3 Å². The number of para-hydroxylation sites is 1. The van der Waals surface area contributed by atoms with Crippen molar-refractivity contribution in [1.82, 2.24) is 0 Å². The molecule has 0 bridgehead atoms. The van der Waals surface area contributed by atoms with Crippen LogP contribution in [-0.4, -0.2) is 5.91 Å². The zero-order chi connectivity index (χ0) is 12.3. The van der Waals surface area contributed by atoms with E-state index in [-0.39, 0.29) is 17.6 Å². The highest BCUT2D eigenvalue weighted by Crippen LogP contribution is 2.17. The van der Waals surface area contributed by atoms with Crippen molar-refractivity contribution < 1.29 is 9.21 Å². The van der Waals surface area contributed by atoms with Gasteiger partial charge in [-0.2, -0.15) is 0 Å². The van der Waals surface area contributed by atoms with E-state index in [1.807, 2.05) is 31.2 Å². The van der Waals surface area contributed by atoms with Gasteiger partial charge in [-0.3, -0.25) is 4.79 Å². The molecule has 1 heterocycles. The molecular formula is C13H14N2O2. The highest BCUT2D eigenvalue weighted by Gasteiger charge is 2.11. The lowest BCUT2D eigenvalue weighted by atomic mass is 10.1. The van der Waals surface area contributed by atoms with Gasteiger partial charge in [-0.15, -0.1) is 0 Å². The summed E-state index contributed by atoms with van der Waals surface area (Å²) in [7, 11) is 0. The van der Waals surface area contributed by atoms with E-state index in [0.29, 0.717) is 0 Å². The van der Waals surface area contributed by atoms with Gasteiger partial charge in [-0.25, -0.2) is 0 Å². The van der Waals surface area contributed by atoms with Crippen molar-refractivity contribution in [3.05, 3.63) is 47.7 Å². The molecular weight excluding hydrogens is 216 g/mol. The van der Waals surface area contributed by atoms with E-state index in [4.69, 9.17) is 10.2 Å². The lowest BCUT2D eigenvalue weighted by Gasteiger charge is -2.07. The van der Waals surface area contributed by atoms with Crippen LogP contribution < -0.4 is 11.1 Å². The van der Waals surface area contributed by atoms with Gasteiger partial charge in [0.05, 0.1) is 0 Å². The Bertz CT molecular complexity index is 532. The van der Waals surface area contributed by atoms with Gasteiger partial charge in [-0.05, 0) is 24.1 Å². The third-order valence-corrected chi connectivity index (χ3v) is 2.50. The van der Waals surface area contributed by atoms with Crippen LogP contribution in [0.2, 0.25) is 0 Å². The first kappa shape index (κ1) is 11.3. The summed E-state index contributed by atoms with van der Waals surface area (Å²) in [4.78, 5) is 11.8. The minimum absolute atomic E-state index is 0.216. The third kappa shape index (κ3) is 2.47. The molecule has 0 saturated heterocycles. The SMILES string of the molecule is CCc1ccccc1NC(=O)c1ccc(N)o1. The van der Waals surface area contributed by atoms with E-state index in [0.717, 1.165) is 17.7 Å². The normalized spacial score (nSPS) is 10.2. The molecule has 4 nitrogen and oxygen atoms in total. The lowest BCUT2D eigenvalue weighted by Crippen LogP contribution is -2.12. The molecule has 88 valence electrons. The first-order valence-electron chi connectivity index (χ1n) is 5.45. The van der Waals surface area contributed by atoms with Crippen LogP contribution in [-0.2, 0) is 6.42 Å². The molecule has 0 aliphatic heterocycles. The fourth-order valence-electron chi connectivity index (χ4n) is 1.61. The maximum Gasteiger partial charge on any atom is 0.291 e. The third-order valence-electron chi connectivity index (χ3n) is 2.50. The quantitative estimate of drug-likeness (QED) is 0.851. The van der Waals surface area contributed by atoms with Crippen LogP contribution in [0.15, 0.2) is 40.8 Å². The number of rotatable bonds is 3. The van der Waals surface area contributed by atoms with Gasteiger partial charge in [0, 0.05) is 11.8 Å². The summed E-state index contributed by atoms with van der Waals surface area (Å²) in [6.07, 6.45) is 0.858. The molecule has 0 spiro atoms. The highest BCUT2D eigenvalue weighted by atomic mass is 16.4. The van der Waals surface area contributed by atoms with Crippen LogP contribution >= 0.6 is 0 Å². The van der Waals surface area contributed by atoms with Crippen LogP contribution in [0.1, 0.15) is 23.0 Å². The summed E-state index contributed by atoms with van der Waals surface area (Å²) in [5, 5.41) is 2.80. The largest absolute Gasteiger partial charge is 0.436 e. The molecule has 0 aliphatic rings. The van der Waals surface area contributed by atoms with Gasteiger partial charge >= 0.3 is 0 Å². The Kier molecular flexibility index (Phi) is 3.14. The Labute approximate surface area is 99.4 Å². The molecule has 17 heavy (non-hydrogen) atoms. The van der Waals surface area contributed by atoms with Crippen molar-refractivity contribution in [2.75, 3.05) is 11.1 Å². The molecule has 3 N–H and O–H groups in total. The van der Waals surface area contributed by atoms with Crippen LogP contribution in [0.4, 0.5) is 11.6 Å². The van der Waals surface area contributed by atoms with E-state index >= 15 is 0 Å². The summed E-state index contributed by atoms with van der Waals surface area (Å²) in [5.74, 6) is 0.162. The first-order chi connectivity index (χ1) is 8.20. The number of furan rings is 1. The summed E-state index contributed by atoms with van der Waals surface area (Å²) in [6, 6.07) is 10.8. The highest BCUT2D eigenvalue weighted by molar-refractivity contribution is 6.02. The second-order valence-electron chi connectivity index (χ2n) is 3.67. The van der Waals surface area contributed by atoms with Crippen molar-refractivity contribution >= 4 is 17.5 Å². The van der Waals surface area contributed by atoms with Gasteiger partial charge in [0.1, 0.15) is 0 Å². The standard InChI is InChI=1S/C13H14N2O2/c1-2-9-5-3-4-6-10(9)15-13(16)11-7-8-12(14)17-11/h3-8H,2,14H2,1H3,(H,15,16). The van der Waals surface area contributed by atoms with Crippen LogP contribution in [0.5, 0.6) is 0 Å². The second-order valence-corrected chi connectivity index (χ2v) is 3.67. The number of carbonyl (C=O) groups excluding carboxylic acids is 1. The van der Waals surface area contributed by atoms with E-state index < -0.39 is 0 Å². The van der Waals surface area contributed by atoms with E-state index in [1.54, 1.807) is 12.1 Å². The molecule has 0 fully saturated rings. The Balaban J connectivity index is 2.18. The Morgan fingerprint density at radius 1 is 1.29 bits per heavy atom. The zero-order valence-electron chi connectivity index (χ0n) is 9.57. The lowest BCUT2D eigenvalue weighted by molar-refractivity contribution is 0.0997. The van der Waals surface area contributed by atoms with Crippen LogP contribution in [0.3, 0.4) is 0 Å². The maximum absolute atomic E-state index is 11.8. The van der Waals surface area contributed by atoms with E-state index in [2.05, 4.69) is 5.32 Å². The van der Waals surface area contributed by atoms with Gasteiger partial charge in [0.25, 0.3) is 5.91 Å². The number of aryl methyl sites for hydroxylation is 1. The first-order valence-corrected chi connectivity index (χ1v) is 5.45. The predicted molar refractivity (Wildman–Crippen MR) is 66.9 cm³/mol. The maximum atomic E-state index is 11.8. The number of hydrogen-bond donors (Lipinski definition) is 2. The fraction of sp³-hybridized carbons (Fsp3) is 0.154. The molecule has 2 aromatic rings. The molecule has 0 radical (unpaired) electrons. The van der Waals surface area contributed by atoms with E-state index in [1.165, 1.54) is 0 Å². The smallest absolute Gasteiger partial charge is 0.291 e. The van der Waals surface area contributed by atoms with Gasteiger partial charge in [0.2, 0.25) is 0 Å². The van der Waals surface area contributed by atoms with Crippen molar-refractivity contribution in [3.8, 4) is 0 Å². The molecule has 2 rings (SSSR count). The summed E-state index contributed by atoms with van der Waals surface area (Å²) >= 11 is 0. The fourth-order valence-corrected chi connectivity index (χ4v) is 1.61. The number of hydrogen-bond acceptors (Lipinski definition) is 3. The van der Waals surface area contributed by atoms with Crippen molar-refractivity contribution in [3.63, 3.8) is 0 Å². The number of carbonyl (C=O) groups is 1. The Morgan fingerprint density at radius 3 is 2.71 bits per heavy atom. The number of benzene rings is 1. The molecule has 1 aromatic heterocycles. The minimum Gasteiger partial charge on any atom is -0.436 e. The number of amides is 1. The topological polar surface area (TPSA) is 68.3 Å². The van der Waals surface area contributed by atoms with Gasteiger partial charge < -0.3 is 15.5 Å². The predicted octanol–water partition coefficient (Wildman–Crippen LogP) is 2.68. The van der Waals surface area contributed by atoms with E-state index in [9.17, 15) is 4.79 Å². The van der Waals surface area contributed by atoms with Crippen LogP contribution in [0, 0.1) is 0 Å². The molecule has 4 heteroatoms. The van der Waals surface area contributed by atoms with Gasteiger partial charge in [0.15, 0.2) is 11.6 Å². The molecule has 1 amide bonds. The number of anilines is 2. The number of nitrogen functional groups attached to an aromatic ring is 1. The summed E-state index contributed by atoms with van der Waals surface area (Å²) in [5.41, 5.74) is 7.30. The molecule has 0 atom stereocenters. The molecule has 0 saturated carbocycles. The minimum atomic E-state index is -0.289. The average Bonchev–Trinajstić information content (AvgIpc) is 2.77. The molecule has 0 aliphatic carbocycles. The Hall–Kier alpha value is -2.23. The molecule has 1 aromatic carbocycles. The number of nitrogens with one attached hydrogen (secondary N) is 1. The van der Waals surface area contributed by atoms with Crippen molar-refractivity contribution in [1.29, 1.82) is 0 Å². The molecule has 0 unspecified atom stereocenters. The monoisotopic (exact) mass is 230 g/mol. The second kappa shape index (κ2) is 4.74. The van der Waals surface area contributed by atoms with Gasteiger partial charge in [-0.1, -0.05) is 25.1 Å². The van der Waals surface area contributed by atoms with Crippen molar-refractivity contribution in [2.24, 2.45) is 0 Å². The Morgan fingerprint density at radius 2 is 2.06 bits per heavy atom. The number of nitrogens with two attached hydrogens (primary N) is 1. The average molecular weight is 230 g/mol. The summed E-state index contributed by atoms with van der Waals surface area (Å²) < 4.78 is 5.06. The zero-order valence-corrected chi connectivity index (χ0v) is 9.57.